The Morgan fingerprint density at radius 3 is 2.00 bits per heavy atom. The van der Waals surface area contributed by atoms with Crippen molar-refractivity contribution in [2.75, 3.05) is 0 Å². The number of hydrogen-bond acceptors (Lipinski definition) is 1. The molecule has 0 spiro atoms. The first-order chi connectivity index (χ1) is 5.43. The molecular formula is C5H2BF5KN. The minimum atomic E-state index is -5.67. The molecule has 1 rings (SSSR count). The molecule has 0 N–H and O–H groups in total. The van der Waals surface area contributed by atoms with Crippen molar-refractivity contribution >= 4 is 12.4 Å². The van der Waals surface area contributed by atoms with Gasteiger partial charge in [0.1, 0.15) is 5.82 Å². The Bertz CT molecular complexity index is 281. The monoisotopic (exact) mass is 221 g/mol. The summed E-state index contributed by atoms with van der Waals surface area (Å²) in [7, 11) is 0. The summed E-state index contributed by atoms with van der Waals surface area (Å²) in [5.41, 5.74) is -1.89. The number of aromatic nitrogens is 1. The van der Waals surface area contributed by atoms with Crippen LogP contribution in [0.1, 0.15) is 0 Å². The fourth-order valence-electron chi connectivity index (χ4n) is 0.717. The largest absolute Gasteiger partial charge is 1.00 e. The molecule has 0 saturated heterocycles. The summed E-state index contributed by atoms with van der Waals surface area (Å²) in [6.45, 7) is -5.67. The molecule has 13 heavy (non-hydrogen) atoms. The molecule has 0 unspecified atom stereocenters. The fraction of sp³-hybridized carbons (Fsp3) is 0. The van der Waals surface area contributed by atoms with Gasteiger partial charge in [-0.25, -0.2) is 9.37 Å². The number of nitrogens with zero attached hydrogens (tertiary/aromatic N) is 1. The topological polar surface area (TPSA) is 12.9 Å². The number of rotatable bonds is 1. The quantitative estimate of drug-likeness (QED) is 0.317. The van der Waals surface area contributed by atoms with Crippen LogP contribution < -0.4 is 56.8 Å². The van der Waals surface area contributed by atoms with Gasteiger partial charge in [-0.05, 0) is 11.5 Å². The second-order valence-corrected chi connectivity index (χ2v) is 2.07. The Labute approximate surface area is 113 Å². The van der Waals surface area contributed by atoms with Crippen LogP contribution in [0.3, 0.4) is 0 Å². The summed E-state index contributed by atoms with van der Waals surface area (Å²) >= 11 is 0. The van der Waals surface area contributed by atoms with E-state index in [0.29, 0.717) is 12.3 Å². The molecule has 0 saturated carbocycles. The fourth-order valence-corrected chi connectivity index (χ4v) is 0.717. The van der Waals surface area contributed by atoms with Crippen LogP contribution in [0, 0.1) is 11.8 Å². The van der Waals surface area contributed by atoms with E-state index in [1.165, 1.54) is 0 Å². The normalized spacial score (nSPS) is 10.8. The molecule has 0 radical (unpaired) electrons. The van der Waals surface area contributed by atoms with Gasteiger partial charge < -0.3 is 12.9 Å². The van der Waals surface area contributed by atoms with E-state index < -0.39 is 24.2 Å². The first-order valence-electron chi connectivity index (χ1n) is 2.93. The second-order valence-electron chi connectivity index (χ2n) is 2.07. The molecule has 0 fully saturated rings. The summed E-state index contributed by atoms with van der Waals surface area (Å²) in [6.07, 6.45) is 0.635. The summed E-state index contributed by atoms with van der Waals surface area (Å²) in [5, 5.41) is 0. The van der Waals surface area contributed by atoms with Gasteiger partial charge in [-0.2, -0.15) is 4.39 Å². The average molecular weight is 221 g/mol. The summed E-state index contributed by atoms with van der Waals surface area (Å²) in [5.74, 6) is -3.45. The van der Waals surface area contributed by atoms with E-state index in [2.05, 4.69) is 4.98 Å². The second kappa shape index (κ2) is 4.83. The first-order valence-corrected chi connectivity index (χ1v) is 2.93. The van der Waals surface area contributed by atoms with Crippen LogP contribution in [-0.2, 0) is 0 Å². The molecule has 0 aliphatic carbocycles. The summed E-state index contributed by atoms with van der Waals surface area (Å²) in [6, 6.07) is 0.466. The zero-order chi connectivity index (χ0) is 9.35. The van der Waals surface area contributed by atoms with Gasteiger partial charge in [-0.15, -0.1) is 0 Å². The molecule has 1 nitrogen and oxygen atoms in total. The van der Waals surface area contributed by atoms with Crippen molar-refractivity contribution in [3.8, 4) is 0 Å². The van der Waals surface area contributed by atoms with Gasteiger partial charge in [0.15, 0.2) is 5.95 Å². The Balaban J connectivity index is 0.00000144. The SMILES string of the molecule is Fc1ccnc(F)c1[B-](F)(F)F.[K+]. The first kappa shape index (κ1) is 13.5. The molecule has 66 valence electrons. The summed E-state index contributed by atoms with van der Waals surface area (Å²) < 4.78 is 60.2. The molecular weight excluding hydrogens is 219 g/mol. The van der Waals surface area contributed by atoms with E-state index in [-0.39, 0.29) is 51.4 Å². The average Bonchev–Trinajstić information content (AvgIpc) is 1.82. The molecule has 0 amide bonds. The standard InChI is InChI=1S/C5H2BF5N.K/c7-3-1-2-12-5(8)4(3)6(9,10)11;/h1-2H;/q-1;+1. The zero-order valence-electron chi connectivity index (χ0n) is 6.57. The van der Waals surface area contributed by atoms with E-state index >= 15 is 0 Å². The van der Waals surface area contributed by atoms with Gasteiger partial charge in [0.25, 0.3) is 0 Å². The third-order valence-corrected chi connectivity index (χ3v) is 1.22. The van der Waals surface area contributed by atoms with Crippen molar-refractivity contribution in [2.24, 2.45) is 0 Å². The zero-order valence-corrected chi connectivity index (χ0v) is 9.69. The molecule has 0 aliphatic heterocycles. The Morgan fingerprint density at radius 1 is 1.15 bits per heavy atom. The van der Waals surface area contributed by atoms with E-state index in [1.807, 2.05) is 0 Å². The minimum Gasteiger partial charge on any atom is -0.445 e. The third kappa shape index (κ3) is 3.28. The molecule has 1 heterocycles. The van der Waals surface area contributed by atoms with Crippen molar-refractivity contribution in [1.82, 2.24) is 4.98 Å². The van der Waals surface area contributed by atoms with Crippen LogP contribution in [0.4, 0.5) is 21.7 Å². The molecule has 0 atom stereocenters. The predicted molar refractivity (Wildman–Crippen MR) is 32.9 cm³/mol. The van der Waals surface area contributed by atoms with Crippen molar-refractivity contribution < 1.29 is 73.1 Å². The van der Waals surface area contributed by atoms with Crippen molar-refractivity contribution in [3.63, 3.8) is 0 Å². The van der Waals surface area contributed by atoms with Crippen LogP contribution in [0.2, 0.25) is 0 Å². The van der Waals surface area contributed by atoms with Crippen LogP contribution in [-0.4, -0.2) is 12.0 Å². The smallest absolute Gasteiger partial charge is 0.445 e. The molecule has 0 aliphatic rings. The molecule has 0 bridgehead atoms. The van der Waals surface area contributed by atoms with Gasteiger partial charge in [0.2, 0.25) is 0 Å². The maximum Gasteiger partial charge on any atom is 1.00 e. The maximum absolute atomic E-state index is 12.4. The van der Waals surface area contributed by atoms with Crippen molar-refractivity contribution in [2.45, 2.75) is 0 Å². The van der Waals surface area contributed by atoms with Crippen LogP contribution in [0.5, 0.6) is 0 Å². The minimum absolute atomic E-state index is 0. The van der Waals surface area contributed by atoms with Crippen LogP contribution in [0.25, 0.3) is 0 Å². The third-order valence-electron chi connectivity index (χ3n) is 1.22. The van der Waals surface area contributed by atoms with Gasteiger partial charge in [-0.3, -0.25) is 0 Å². The predicted octanol–water partition coefficient (Wildman–Crippen LogP) is -1.58. The van der Waals surface area contributed by atoms with E-state index in [9.17, 15) is 21.7 Å². The Morgan fingerprint density at radius 2 is 1.69 bits per heavy atom. The van der Waals surface area contributed by atoms with Gasteiger partial charge in [0.05, 0.1) is 0 Å². The number of pyridine rings is 1. The van der Waals surface area contributed by atoms with E-state index in [4.69, 9.17) is 0 Å². The number of hydrogen-bond donors (Lipinski definition) is 0. The van der Waals surface area contributed by atoms with Crippen LogP contribution >= 0.6 is 0 Å². The summed E-state index contributed by atoms with van der Waals surface area (Å²) in [4.78, 5) is 2.70. The van der Waals surface area contributed by atoms with Gasteiger partial charge in [0, 0.05) is 6.20 Å². The molecule has 1 aromatic heterocycles. The Kier molecular flexibility index (Phi) is 5.02. The number of halogens is 5. The molecule has 8 heteroatoms. The van der Waals surface area contributed by atoms with E-state index in [1.54, 1.807) is 0 Å². The Hall–Kier alpha value is 0.501. The van der Waals surface area contributed by atoms with Gasteiger partial charge in [-0.1, -0.05) is 0 Å². The van der Waals surface area contributed by atoms with Crippen molar-refractivity contribution in [1.29, 1.82) is 0 Å². The van der Waals surface area contributed by atoms with Crippen molar-refractivity contribution in [3.05, 3.63) is 24.0 Å². The molecule has 0 aromatic carbocycles. The van der Waals surface area contributed by atoms with Crippen LogP contribution in [0.15, 0.2) is 12.3 Å². The van der Waals surface area contributed by atoms with E-state index in [0.717, 1.165) is 0 Å². The maximum atomic E-state index is 12.4. The molecule has 1 aromatic rings. The van der Waals surface area contributed by atoms with Gasteiger partial charge >= 0.3 is 58.4 Å².